The molecule has 1 fully saturated rings. The van der Waals surface area contributed by atoms with Gasteiger partial charge in [-0.05, 0) is 67.1 Å². The van der Waals surface area contributed by atoms with Crippen LogP contribution in [0.25, 0.3) is 0 Å². The van der Waals surface area contributed by atoms with Gasteiger partial charge in [0.05, 0.1) is 0 Å². The monoisotopic (exact) mass is 288 g/mol. The number of fused-ring (bicyclic) bond motifs is 3. The summed E-state index contributed by atoms with van der Waals surface area (Å²) in [5.41, 5.74) is 4.20. The molecule has 1 unspecified atom stereocenters. The van der Waals surface area contributed by atoms with Gasteiger partial charge in [0.1, 0.15) is 5.60 Å². The van der Waals surface area contributed by atoms with Crippen molar-refractivity contribution >= 4 is 0 Å². The van der Waals surface area contributed by atoms with Crippen LogP contribution in [-0.4, -0.2) is 10.9 Å². The number of benzene rings is 1. The Bertz CT molecular complexity index is 536. The fourth-order valence-electron chi connectivity index (χ4n) is 4.92. The lowest BCUT2D eigenvalue weighted by Gasteiger charge is -2.53. The maximum absolute atomic E-state index is 9.47. The summed E-state index contributed by atoms with van der Waals surface area (Å²) >= 11 is 0. The molecule has 2 aliphatic carbocycles. The zero-order valence-corrected chi connectivity index (χ0v) is 13.8. The molecule has 0 amide bonds. The van der Waals surface area contributed by atoms with Crippen LogP contribution in [0.5, 0.6) is 0 Å². The first-order valence-electron chi connectivity index (χ1n) is 8.36. The van der Waals surface area contributed by atoms with Crippen LogP contribution in [-0.2, 0) is 16.7 Å². The number of hydrogen-bond acceptors (Lipinski definition) is 2. The van der Waals surface area contributed by atoms with Crippen molar-refractivity contribution in [2.24, 2.45) is 5.92 Å². The summed E-state index contributed by atoms with van der Waals surface area (Å²) in [5.74, 6) is 0.986. The van der Waals surface area contributed by atoms with Gasteiger partial charge in [0.15, 0.2) is 0 Å². The van der Waals surface area contributed by atoms with E-state index in [1.807, 2.05) is 0 Å². The lowest BCUT2D eigenvalue weighted by Crippen LogP contribution is -2.53. The van der Waals surface area contributed by atoms with E-state index in [1.165, 1.54) is 23.1 Å². The van der Waals surface area contributed by atoms with Crippen LogP contribution < -0.4 is 0 Å². The van der Waals surface area contributed by atoms with Gasteiger partial charge in [-0.15, -0.1) is 0 Å². The van der Waals surface area contributed by atoms with Crippen LogP contribution in [0.2, 0.25) is 0 Å². The van der Waals surface area contributed by atoms with E-state index in [0.29, 0.717) is 11.8 Å². The molecule has 0 heterocycles. The Balaban J connectivity index is 2.05. The Labute approximate surface area is 128 Å². The van der Waals surface area contributed by atoms with Crippen LogP contribution in [0.4, 0.5) is 0 Å². The summed E-state index contributed by atoms with van der Waals surface area (Å²) in [5, 5.41) is 9.47. The highest BCUT2D eigenvalue weighted by Crippen LogP contribution is 2.54. The second-order valence-corrected chi connectivity index (χ2v) is 7.84. The maximum atomic E-state index is 9.47. The predicted octanol–water partition coefficient (Wildman–Crippen LogP) is 5.06. The van der Waals surface area contributed by atoms with Gasteiger partial charge in [-0.2, -0.15) is 0 Å². The molecule has 0 spiro atoms. The first-order valence-corrected chi connectivity index (χ1v) is 8.36. The largest absolute Gasteiger partial charge is 0.251 e. The highest BCUT2D eigenvalue weighted by atomic mass is 17.1. The molecule has 0 aliphatic heterocycles. The van der Waals surface area contributed by atoms with Crippen LogP contribution >= 0.6 is 0 Å². The Kier molecular flexibility index (Phi) is 3.66. The number of hydrogen-bond donors (Lipinski definition) is 1. The fourth-order valence-corrected chi connectivity index (χ4v) is 4.92. The number of rotatable bonds is 2. The van der Waals surface area contributed by atoms with Crippen molar-refractivity contribution in [2.75, 3.05) is 0 Å². The standard InChI is InChI=1S/C19H28O2/c1-13(2)14-6-8-16-15(12-14)7-9-17-18(16,3)10-5-11-19(17,4)21-20/h6,8,12-13,17,20H,5,7,9-11H2,1-4H3/t17?,18-,19-/m1/s1. The van der Waals surface area contributed by atoms with Crippen molar-refractivity contribution in [3.63, 3.8) is 0 Å². The van der Waals surface area contributed by atoms with Crippen molar-refractivity contribution < 1.29 is 10.1 Å². The summed E-state index contributed by atoms with van der Waals surface area (Å²) in [4.78, 5) is 4.99. The average Bonchev–Trinajstić information content (AvgIpc) is 2.46. The first-order chi connectivity index (χ1) is 9.90. The van der Waals surface area contributed by atoms with Crippen molar-refractivity contribution in [2.45, 2.75) is 76.7 Å². The molecule has 0 radical (unpaired) electrons. The van der Waals surface area contributed by atoms with Crippen LogP contribution in [0, 0.1) is 5.92 Å². The zero-order valence-electron chi connectivity index (χ0n) is 13.8. The van der Waals surface area contributed by atoms with E-state index < -0.39 is 0 Å². The van der Waals surface area contributed by atoms with E-state index in [1.54, 1.807) is 0 Å². The molecule has 1 saturated carbocycles. The van der Waals surface area contributed by atoms with Gasteiger partial charge in [0, 0.05) is 5.92 Å². The lowest BCUT2D eigenvalue weighted by molar-refractivity contribution is -0.345. The summed E-state index contributed by atoms with van der Waals surface area (Å²) in [6, 6.07) is 7.05. The molecule has 1 aromatic rings. The van der Waals surface area contributed by atoms with Gasteiger partial charge in [-0.1, -0.05) is 39.0 Å². The third-order valence-electron chi connectivity index (χ3n) is 6.20. The minimum Gasteiger partial charge on any atom is -0.251 e. The Hall–Kier alpha value is -0.860. The zero-order chi connectivity index (χ0) is 15.3. The quantitative estimate of drug-likeness (QED) is 0.608. The first kappa shape index (κ1) is 15.1. The van der Waals surface area contributed by atoms with E-state index in [4.69, 9.17) is 4.89 Å². The van der Waals surface area contributed by atoms with Gasteiger partial charge >= 0.3 is 0 Å². The highest BCUT2D eigenvalue weighted by molar-refractivity contribution is 5.42. The van der Waals surface area contributed by atoms with E-state index in [2.05, 4.69) is 45.9 Å². The van der Waals surface area contributed by atoms with Gasteiger partial charge in [-0.3, -0.25) is 5.26 Å². The smallest absolute Gasteiger partial charge is 0.104 e. The topological polar surface area (TPSA) is 29.5 Å². The number of aryl methyl sites for hydroxylation is 1. The molecule has 0 saturated heterocycles. The van der Waals surface area contributed by atoms with E-state index in [0.717, 1.165) is 25.7 Å². The minimum absolute atomic E-state index is 0.138. The second kappa shape index (κ2) is 5.10. The molecule has 1 N–H and O–H groups in total. The molecule has 3 atom stereocenters. The molecular formula is C19H28O2. The van der Waals surface area contributed by atoms with Crippen molar-refractivity contribution in [3.05, 3.63) is 34.9 Å². The molecule has 2 nitrogen and oxygen atoms in total. The summed E-state index contributed by atoms with van der Waals surface area (Å²) < 4.78 is 0. The minimum atomic E-state index is -0.387. The van der Waals surface area contributed by atoms with Gasteiger partial charge in [-0.25, -0.2) is 4.89 Å². The maximum Gasteiger partial charge on any atom is 0.104 e. The van der Waals surface area contributed by atoms with Crippen molar-refractivity contribution in [3.8, 4) is 0 Å². The van der Waals surface area contributed by atoms with E-state index in [9.17, 15) is 5.26 Å². The molecule has 116 valence electrons. The molecule has 2 aliphatic rings. The second-order valence-electron chi connectivity index (χ2n) is 7.84. The normalized spacial score (nSPS) is 35.4. The summed E-state index contributed by atoms with van der Waals surface area (Å²) in [7, 11) is 0. The third-order valence-corrected chi connectivity index (χ3v) is 6.20. The molecule has 21 heavy (non-hydrogen) atoms. The third kappa shape index (κ3) is 2.24. The predicted molar refractivity (Wildman–Crippen MR) is 85.7 cm³/mol. The average molecular weight is 288 g/mol. The fraction of sp³-hybridized carbons (Fsp3) is 0.684. The molecule has 0 bridgehead atoms. The summed E-state index contributed by atoms with van der Waals surface area (Å²) in [6.45, 7) is 8.97. The molecule has 0 aromatic heterocycles. The molecule has 3 rings (SSSR count). The van der Waals surface area contributed by atoms with E-state index >= 15 is 0 Å². The lowest BCUT2D eigenvalue weighted by atomic mass is 9.53. The van der Waals surface area contributed by atoms with Crippen LogP contribution in [0.1, 0.15) is 76.0 Å². The molecule has 2 heteroatoms. The van der Waals surface area contributed by atoms with E-state index in [-0.39, 0.29) is 11.0 Å². The van der Waals surface area contributed by atoms with Crippen LogP contribution in [0.15, 0.2) is 18.2 Å². The summed E-state index contributed by atoms with van der Waals surface area (Å²) in [6.07, 6.45) is 5.50. The Morgan fingerprint density at radius 1 is 1.24 bits per heavy atom. The SMILES string of the molecule is CC(C)c1ccc2c(c1)CCC1[C@](C)(OO)CCC[C@]21C. The Morgan fingerprint density at radius 3 is 2.67 bits per heavy atom. The Morgan fingerprint density at radius 2 is 2.00 bits per heavy atom. The molecule has 1 aromatic carbocycles. The van der Waals surface area contributed by atoms with Gasteiger partial charge in [0.25, 0.3) is 0 Å². The highest BCUT2D eigenvalue weighted by Gasteiger charge is 2.53. The van der Waals surface area contributed by atoms with Crippen LogP contribution in [0.3, 0.4) is 0 Å². The van der Waals surface area contributed by atoms with Gasteiger partial charge in [0.2, 0.25) is 0 Å². The van der Waals surface area contributed by atoms with Crippen molar-refractivity contribution in [1.82, 2.24) is 0 Å². The van der Waals surface area contributed by atoms with Crippen molar-refractivity contribution in [1.29, 1.82) is 0 Å². The van der Waals surface area contributed by atoms with Gasteiger partial charge < -0.3 is 0 Å². The molecular weight excluding hydrogens is 260 g/mol.